The van der Waals surface area contributed by atoms with Crippen LogP contribution in [0.4, 0.5) is 5.13 Å². The molecule has 0 N–H and O–H groups in total. The fourth-order valence-corrected chi connectivity index (χ4v) is 4.57. The largest absolute Gasteiger partial charge is 0.342 e. The number of hydrogen-bond acceptors (Lipinski definition) is 4. The van der Waals surface area contributed by atoms with Gasteiger partial charge in [0.25, 0.3) is 0 Å². The Kier molecular flexibility index (Phi) is 3.72. The predicted octanol–water partition coefficient (Wildman–Crippen LogP) is 3.21. The SMILES string of the molecule is CC1CN2CCCC2CN1c1nc(Cl)c(CCl)s1. The van der Waals surface area contributed by atoms with Gasteiger partial charge in [-0.1, -0.05) is 22.9 Å². The highest BCUT2D eigenvalue weighted by atomic mass is 35.5. The fourth-order valence-electron chi connectivity index (χ4n) is 2.98. The minimum Gasteiger partial charge on any atom is -0.342 e. The smallest absolute Gasteiger partial charge is 0.187 e. The molecule has 0 aromatic carbocycles. The molecule has 3 nitrogen and oxygen atoms in total. The van der Waals surface area contributed by atoms with E-state index in [-0.39, 0.29) is 0 Å². The number of fused-ring (bicyclic) bond motifs is 1. The molecule has 2 fully saturated rings. The lowest BCUT2D eigenvalue weighted by molar-refractivity contribution is 0.203. The maximum atomic E-state index is 6.10. The van der Waals surface area contributed by atoms with Gasteiger partial charge in [-0.15, -0.1) is 11.6 Å². The normalized spacial score (nSPS) is 28.7. The molecule has 2 aliphatic rings. The molecule has 1 aromatic heterocycles. The van der Waals surface area contributed by atoms with Crippen LogP contribution in [0.2, 0.25) is 5.15 Å². The number of anilines is 1. The molecule has 2 unspecified atom stereocenters. The van der Waals surface area contributed by atoms with Crippen molar-refractivity contribution in [2.45, 2.75) is 37.7 Å². The molecule has 0 bridgehead atoms. The highest BCUT2D eigenvalue weighted by Crippen LogP contribution is 2.35. The Morgan fingerprint density at radius 2 is 2.28 bits per heavy atom. The molecule has 3 rings (SSSR count). The minimum atomic E-state index is 0.453. The molecular formula is C12H17Cl2N3S. The number of halogens is 2. The van der Waals surface area contributed by atoms with Crippen molar-refractivity contribution in [3.63, 3.8) is 0 Å². The van der Waals surface area contributed by atoms with E-state index < -0.39 is 0 Å². The molecule has 18 heavy (non-hydrogen) atoms. The molecule has 3 heterocycles. The van der Waals surface area contributed by atoms with Crippen molar-refractivity contribution < 1.29 is 0 Å². The zero-order valence-corrected chi connectivity index (χ0v) is 12.7. The van der Waals surface area contributed by atoms with Crippen molar-refractivity contribution in [2.75, 3.05) is 24.5 Å². The van der Waals surface area contributed by atoms with Gasteiger partial charge < -0.3 is 4.90 Å². The zero-order chi connectivity index (χ0) is 12.7. The summed E-state index contributed by atoms with van der Waals surface area (Å²) in [5.74, 6) is 0.453. The Morgan fingerprint density at radius 3 is 3.00 bits per heavy atom. The first-order valence-corrected chi connectivity index (χ1v) is 8.14. The number of hydrogen-bond donors (Lipinski definition) is 0. The Bertz CT molecular complexity index is 437. The van der Waals surface area contributed by atoms with E-state index in [1.165, 1.54) is 19.4 Å². The van der Waals surface area contributed by atoms with Gasteiger partial charge >= 0.3 is 0 Å². The zero-order valence-electron chi connectivity index (χ0n) is 10.4. The molecule has 0 amide bonds. The third-order valence-electron chi connectivity index (χ3n) is 3.94. The van der Waals surface area contributed by atoms with E-state index in [9.17, 15) is 0 Å². The Balaban J connectivity index is 1.82. The Labute approximate surface area is 122 Å². The third-order valence-corrected chi connectivity index (χ3v) is 5.89. The highest BCUT2D eigenvalue weighted by molar-refractivity contribution is 7.16. The van der Waals surface area contributed by atoms with E-state index in [2.05, 4.69) is 21.7 Å². The monoisotopic (exact) mass is 305 g/mol. The predicted molar refractivity (Wildman–Crippen MR) is 78.1 cm³/mol. The number of aromatic nitrogens is 1. The van der Waals surface area contributed by atoms with Crippen LogP contribution in [0.25, 0.3) is 0 Å². The molecule has 2 atom stereocenters. The van der Waals surface area contributed by atoms with Gasteiger partial charge in [-0.05, 0) is 26.3 Å². The lowest BCUT2D eigenvalue weighted by Crippen LogP contribution is -2.55. The summed E-state index contributed by atoms with van der Waals surface area (Å²) < 4.78 is 0. The minimum absolute atomic E-state index is 0.453. The van der Waals surface area contributed by atoms with Crippen LogP contribution in [0.3, 0.4) is 0 Å². The molecule has 100 valence electrons. The summed E-state index contributed by atoms with van der Waals surface area (Å²) in [6.07, 6.45) is 2.64. The van der Waals surface area contributed by atoms with Gasteiger partial charge in [0.1, 0.15) is 5.15 Å². The fraction of sp³-hybridized carbons (Fsp3) is 0.750. The molecule has 0 aliphatic carbocycles. The summed E-state index contributed by atoms with van der Waals surface area (Å²) >= 11 is 13.6. The molecule has 0 spiro atoms. The summed E-state index contributed by atoms with van der Waals surface area (Å²) in [6.45, 7) is 5.74. The van der Waals surface area contributed by atoms with Crippen molar-refractivity contribution in [3.05, 3.63) is 10.0 Å². The van der Waals surface area contributed by atoms with Gasteiger partial charge in [-0.3, -0.25) is 4.90 Å². The summed E-state index contributed by atoms with van der Waals surface area (Å²) in [5.41, 5.74) is 0. The highest BCUT2D eigenvalue weighted by Gasteiger charge is 2.35. The van der Waals surface area contributed by atoms with Crippen molar-refractivity contribution in [3.8, 4) is 0 Å². The standard InChI is InChI=1S/C12H17Cl2N3S/c1-8-6-16-4-2-3-9(16)7-17(8)12-15-11(14)10(5-13)18-12/h8-9H,2-7H2,1H3. The first kappa shape index (κ1) is 13.0. The van der Waals surface area contributed by atoms with Gasteiger partial charge in [0, 0.05) is 25.2 Å². The maximum Gasteiger partial charge on any atom is 0.187 e. The van der Waals surface area contributed by atoms with Crippen LogP contribution in [0, 0.1) is 0 Å². The summed E-state index contributed by atoms with van der Waals surface area (Å²) in [5, 5.41) is 1.61. The quantitative estimate of drug-likeness (QED) is 0.782. The summed E-state index contributed by atoms with van der Waals surface area (Å²) in [7, 11) is 0. The molecular weight excluding hydrogens is 289 g/mol. The van der Waals surface area contributed by atoms with E-state index in [0.717, 1.165) is 23.1 Å². The van der Waals surface area contributed by atoms with Gasteiger partial charge in [-0.2, -0.15) is 0 Å². The lowest BCUT2D eigenvalue weighted by Gasteiger charge is -2.42. The number of piperazine rings is 1. The Hall–Kier alpha value is -0.0300. The van der Waals surface area contributed by atoms with Crippen molar-refractivity contribution in [1.29, 1.82) is 0 Å². The molecule has 0 radical (unpaired) electrons. The van der Waals surface area contributed by atoms with E-state index in [1.807, 2.05) is 0 Å². The number of rotatable bonds is 2. The van der Waals surface area contributed by atoms with E-state index in [1.54, 1.807) is 11.3 Å². The van der Waals surface area contributed by atoms with Crippen LogP contribution in [-0.4, -0.2) is 41.6 Å². The molecule has 0 saturated carbocycles. The van der Waals surface area contributed by atoms with Crippen LogP contribution in [0.15, 0.2) is 0 Å². The average molecular weight is 306 g/mol. The first-order valence-electron chi connectivity index (χ1n) is 6.41. The molecule has 2 saturated heterocycles. The second-order valence-corrected chi connectivity index (χ2v) is 6.82. The van der Waals surface area contributed by atoms with Crippen LogP contribution in [0.5, 0.6) is 0 Å². The van der Waals surface area contributed by atoms with Crippen LogP contribution in [-0.2, 0) is 5.88 Å². The molecule has 1 aromatic rings. The topological polar surface area (TPSA) is 19.4 Å². The van der Waals surface area contributed by atoms with Crippen LogP contribution >= 0.6 is 34.5 Å². The van der Waals surface area contributed by atoms with Gasteiger partial charge in [0.15, 0.2) is 5.13 Å². The number of thiazole rings is 1. The van der Waals surface area contributed by atoms with Gasteiger partial charge in [-0.25, -0.2) is 4.98 Å². The summed E-state index contributed by atoms with van der Waals surface area (Å²) in [6, 6.07) is 1.20. The molecule has 2 aliphatic heterocycles. The van der Waals surface area contributed by atoms with Gasteiger partial charge in [0.2, 0.25) is 0 Å². The van der Waals surface area contributed by atoms with E-state index in [4.69, 9.17) is 23.2 Å². The van der Waals surface area contributed by atoms with Crippen molar-refractivity contribution >= 4 is 39.7 Å². The Morgan fingerprint density at radius 1 is 1.44 bits per heavy atom. The van der Waals surface area contributed by atoms with Crippen molar-refractivity contribution in [1.82, 2.24) is 9.88 Å². The van der Waals surface area contributed by atoms with Gasteiger partial charge in [0.05, 0.1) is 10.8 Å². The number of alkyl halides is 1. The maximum absolute atomic E-state index is 6.10. The first-order chi connectivity index (χ1) is 8.69. The van der Waals surface area contributed by atoms with Crippen LogP contribution in [0.1, 0.15) is 24.6 Å². The van der Waals surface area contributed by atoms with Crippen LogP contribution < -0.4 is 4.90 Å². The lowest BCUT2D eigenvalue weighted by atomic mass is 10.1. The van der Waals surface area contributed by atoms with Crippen molar-refractivity contribution in [2.24, 2.45) is 0 Å². The second-order valence-electron chi connectivity index (χ2n) is 5.14. The molecule has 6 heteroatoms. The summed E-state index contributed by atoms with van der Waals surface area (Å²) in [4.78, 5) is 10.5. The van der Waals surface area contributed by atoms with E-state index in [0.29, 0.717) is 23.1 Å². The second kappa shape index (κ2) is 5.16. The van der Waals surface area contributed by atoms with E-state index >= 15 is 0 Å². The third kappa shape index (κ3) is 2.24. The average Bonchev–Trinajstić information content (AvgIpc) is 2.93. The number of nitrogens with zero attached hydrogens (tertiary/aromatic N) is 3.